The molecule has 0 aromatic carbocycles. The van der Waals surface area contributed by atoms with Crippen LogP contribution < -0.4 is 0 Å². The first-order valence-electron chi connectivity index (χ1n) is 8.98. The summed E-state index contributed by atoms with van der Waals surface area (Å²) in [5.41, 5.74) is -1.12. The second kappa shape index (κ2) is 6.81. The summed E-state index contributed by atoms with van der Waals surface area (Å²) in [4.78, 5) is 2.34. The molecule has 0 radical (unpaired) electrons. The molecule has 2 aliphatic rings. The Bertz CT molecular complexity index is 630. The number of rotatable bonds is 4. The first-order valence-corrected chi connectivity index (χ1v) is 8.98. The maximum Gasteiger partial charge on any atom is 0.525 e. The second-order valence-corrected chi connectivity index (χ2v) is 8.25. The van der Waals surface area contributed by atoms with E-state index in [1.54, 1.807) is 10.9 Å². The van der Waals surface area contributed by atoms with Gasteiger partial charge in [-0.1, -0.05) is 5.21 Å². The largest absolute Gasteiger partial charge is 0.525 e. The molecule has 3 rings (SSSR count). The zero-order chi connectivity index (χ0) is 18.2. The first-order chi connectivity index (χ1) is 11.7. The van der Waals surface area contributed by atoms with Crippen LogP contribution in [0.2, 0.25) is 0 Å². The third kappa shape index (κ3) is 4.12. The number of nitrogens with zero attached hydrogens (tertiary/aromatic N) is 4. The highest BCUT2D eigenvalue weighted by Gasteiger charge is 2.53. The van der Waals surface area contributed by atoms with Gasteiger partial charge in [0, 0.05) is 13.1 Å². The molecule has 138 valence electrons. The quantitative estimate of drug-likeness (QED) is 0.782. The van der Waals surface area contributed by atoms with Crippen LogP contribution in [0.5, 0.6) is 0 Å². The minimum absolute atomic E-state index is 0.483. The Hall–Kier alpha value is -1.25. The van der Waals surface area contributed by atoms with Crippen molar-refractivity contribution in [2.75, 3.05) is 20.1 Å². The van der Waals surface area contributed by atoms with Gasteiger partial charge in [-0.15, -0.1) is 5.10 Å². The fourth-order valence-electron chi connectivity index (χ4n) is 3.32. The lowest BCUT2D eigenvalue weighted by Gasteiger charge is -2.32. The fraction of sp³-hybridized carbons (Fsp3) is 0.765. The van der Waals surface area contributed by atoms with Crippen molar-refractivity contribution in [1.29, 1.82) is 0 Å². The Kier molecular flexibility index (Phi) is 5.05. The van der Waals surface area contributed by atoms with E-state index in [0.29, 0.717) is 11.6 Å². The van der Waals surface area contributed by atoms with Crippen molar-refractivity contribution in [3.63, 3.8) is 0 Å². The predicted molar refractivity (Wildman–Crippen MR) is 95.4 cm³/mol. The van der Waals surface area contributed by atoms with E-state index < -0.39 is 24.0 Å². The van der Waals surface area contributed by atoms with Crippen LogP contribution >= 0.6 is 0 Å². The molecule has 0 spiro atoms. The van der Waals surface area contributed by atoms with Crippen molar-refractivity contribution >= 4 is 13.2 Å². The molecular weight excluding hydrogens is 322 g/mol. The van der Waals surface area contributed by atoms with Crippen LogP contribution in [-0.4, -0.2) is 58.4 Å². The van der Waals surface area contributed by atoms with Gasteiger partial charge in [0.05, 0.1) is 17.4 Å². The highest BCUT2D eigenvalue weighted by molar-refractivity contribution is 6.54. The van der Waals surface area contributed by atoms with Gasteiger partial charge in [0.15, 0.2) is 0 Å². The summed E-state index contributed by atoms with van der Waals surface area (Å²) in [5, 5.41) is 8.18. The number of hydrogen-bond donors (Lipinski definition) is 0. The minimum atomic E-state index is -0.998. The Balaban J connectivity index is 1.63. The molecule has 0 amide bonds. The van der Waals surface area contributed by atoms with E-state index in [-0.39, 0.29) is 0 Å². The standard InChI is InChI=1S/C17H28BFN4O2/c1-16(2)17(3,4)25-18(24-16)15(19)9-14-12-23(21-20-14)11-13-7-6-8-22(5)10-13/h9,12-13H,6-8,10-11H2,1-5H3. The Morgan fingerprint density at radius 3 is 2.68 bits per heavy atom. The summed E-state index contributed by atoms with van der Waals surface area (Å²) in [6.07, 6.45) is 5.52. The molecule has 3 heterocycles. The van der Waals surface area contributed by atoms with Gasteiger partial charge in [-0.2, -0.15) is 0 Å². The number of aromatic nitrogens is 3. The maximum absolute atomic E-state index is 14.5. The highest BCUT2D eigenvalue weighted by Crippen LogP contribution is 2.38. The summed E-state index contributed by atoms with van der Waals surface area (Å²) in [7, 11) is 1.14. The summed E-state index contributed by atoms with van der Waals surface area (Å²) >= 11 is 0. The van der Waals surface area contributed by atoms with Crippen LogP contribution in [0.3, 0.4) is 0 Å². The van der Waals surface area contributed by atoms with Crippen molar-refractivity contribution in [3.8, 4) is 0 Å². The number of likely N-dealkylation sites (tertiary alicyclic amines) is 1. The lowest BCUT2D eigenvalue weighted by Crippen LogP contribution is -2.41. The van der Waals surface area contributed by atoms with Gasteiger partial charge in [-0.05, 0) is 66.1 Å². The number of piperidine rings is 1. The average molecular weight is 350 g/mol. The van der Waals surface area contributed by atoms with Crippen LogP contribution in [0.25, 0.3) is 6.08 Å². The van der Waals surface area contributed by atoms with E-state index in [4.69, 9.17) is 9.31 Å². The van der Waals surface area contributed by atoms with Crippen molar-refractivity contribution in [3.05, 3.63) is 17.6 Å². The van der Waals surface area contributed by atoms with E-state index in [1.807, 2.05) is 27.7 Å². The molecule has 0 aliphatic carbocycles. The van der Waals surface area contributed by atoms with Crippen molar-refractivity contribution in [1.82, 2.24) is 19.9 Å². The third-order valence-corrected chi connectivity index (χ3v) is 5.49. The minimum Gasteiger partial charge on any atom is -0.398 e. The first kappa shape index (κ1) is 18.5. The molecule has 1 aromatic rings. The molecule has 2 aliphatic heterocycles. The number of hydrogen-bond acceptors (Lipinski definition) is 5. The van der Waals surface area contributed by atoms with Crippen LogP contribution in [0.15, 0.2) is 11.9 Å². The van der Waals surface area contributed by atoms with E-state index in [1.165, 1.54) is 18.9 Å². The molecule has 6 nitrogen and oxygen atoms in total. The summed E-state index contributed by atoms with van der Waals surface area (Å²) in [5.74, 6) is 0.560. The van der Waals surface area contributed by atoms with E-state index in [9.17, 15) is 4.39 Å². The molecular formula is C17H28BFN4O2. The van der Waals surface area contributed by atoms with Crippen LogP contribution in [-0.2, 0) is 15.9 Å². The third-order valence-electron chi connectivity index (χ3n) is 5.49. The average Bonchev–Trinajstić information content (AvgIpc) is 3.01. The summed E-state index contributed by atoms with van der Waals surface area (Å²) in [6.45, 7) is 10.6. The normalized spacial score (nSPS) is 27.0. The molecule has 1 aromatic heterocycles. The Labute approximate surface area is 149 Å². The molecule has 8 heteroatoms. The van der Waals surface area contributed by atoms with Gasteiger partial charge in [0.2, 0.25) is 0 Å². The zero-order valence-electron chi connectivity index (χ0n) is 15.8. The molecule has 0 N–H and O–H groups in total. The number of halogens is 1. The van der Waals surface area contributed by atoms with Gasteiger partial charge in [0.1, 0.15) is 11.4 Å². The molecule has 1 atom stereocenters. The molecule has 2 fully saturated rings. The summed E-state index contributed by atoms with van der Waals surface area (Å²) < 4.78 is 27.7. The van der Waals surface area contributed by atoms with Gasteiger partial charge in [-0.25, -0.2) is 4.39 Å². The SMILES string of the molecule is CN1CCCC(Cn2cc(C=C(F)B3OC(C)(C)C(C)(C)O3)nn2)C1. The van der Waals surface area contributed by atoms with Crippen molar-refractivity contribution < 1.29 is 13.7 Å². The van der Waals surface area contributed by atoms with Crippen LogP contribution in [0, 0.1) is 5.92 Å². The molecule has 0 saturated carbocycles. The topological polar surface area (TPSA) is 52.4 Å². The lowest BCUT2D eigenvalue weighted by atomic mass is 9.87. The predicted octanol–water partition coefficient (Wildman–Crippen LogP) is 2.56. The molecule has 1 unspecified atom stereocenters. The van der Waals surface area contributed by atoms with E-state index >= 15 is 0 Å². The molecule has 25 heavy (non-hydrogen) atoms. The van der Waals surface area contributed by atoms with Gasteiger partial charge in [-0.3, -0.25) is 4.68 Å². The van der Waals surface area contributed by atoms with Gasteiger partial charge >= 0.3 is 7.12 Å². The van der Waals surface area contributed by atoms with E-state index in [0.717, 1.165) is 19.6 Å². The van der Waals surface area contributed by atoms with Crippen LogP contribution in [0.4, 0.5) is 4.39 Å². The maximum atomic E-state index is 14.5. The highest BCUT2D eigenvalue weighted by atomic mass is 19.1. The van der Waals surface area contributed by atoms with Gasteiger partial charge in [0.25, 0.3) is 0 Å². The van der Waals surface area contributed by atoms with Crippen LogP contribution in [0.1, 0.15) is 46.2 Å². The summed E-state index contributed by atoms with van der Waals surface area (Å²) in [6, 6.07) is 0. The smallest absolute Gasteiger partial charge is 0.398 e. The Morgan fingerprint density at radius 1 is 1.36 bits per heavy atom. The van der Waals surface area contributed by atoms with Crippen molar-refractivity contribution in [2.24, 2.45) is 5.92 Å². The van der Waals surface area contributed by atoms with E-state index in [2.05, 4.69) is 22.3 Å². The second-order valence-electron chi connectivity index (χ2n) is 8.25. The molecule has 2 saturated heterocycles. The van der Waals surface area contributed by atoms with Crippen molar-refractivity contribution in [2.45, 2.75) is 58.3 Å². The Morgan fingerprint density at radius 2 is 2.04 bits per heavy atom. The monoisotopic (exact) mass is 350 g/mol. The zero-order valence-corrected chi connectivity index (χ0v) is 15.8. The fourth-order valence-corrected chi connectivity index (χ4v) is 3.32. The lowest BCUT2D eigenvalue weighted by molar-refractivity contribution is 0.00578. The molecule has 0 bridgehead atoms. The van der Waals surface area contributed by atoms with Gasteiger partial charge < -0.3 is 14.2 Å².